The second kappa shape index (κ2) is 16.5. The molecule has 3 unspecified atom stereocenters. The molecule has 1 saturated heterocycles. The summed E-state index contributed by atoms with van der Waals surface area (Å²) in [6.07, 6.45) is 2.06. The number of ether oxygens (including phenoxy) is 2. The Morgan fingerprint density at radius 1 is 0.843 bits per heavy atom. The van der Waals surface area contributed by atoms with E-state index in [0.29, 0.717) is 11.1 Å². The van der Waals surface area contributed by atoms with Crippen molar-refractivity contribution in [2.45, 2.75) is 25.0 Å². The molecule has 1 aliphatic rings. The fourth-order valence-electron chi connectivity index (χ4n) is 6.16. The van der Waals surface area contributed by atoms with Crippen LogP contribution in [0.2, 0.25) is 0 Å². The minimum atomic E-state index is -3.24. The van der Waals surface area contributed by atoms with Crippen molar-refractivity contribution in [2.24, 2.45) is 5.92 Å². The summed E-state index contributed by atoms with van der Waals surface area (Å²) in [4.78, 5) is 57.8. The maximum absolute atomic E-state index is 14.8. The SMILES string of the molecule is CC(=O)OC(c1ccncc1)C1C(=O)N(C(C(=O)OCc2ccc([N+](=O)[O-])cc2)=P(c2ccccc2)(c2ccccc2)c2ccccc2)C1[S-].[Ag+]. The molecular weight excluding hydrogens is 781 g/mol. The largest absolute Gasteiger partial charge is 1.00 e. The third-order valence-electron chi connectivity index (χ3n) is 8.41. The van der Waals surface area contributed by atoms with Crippen LogP contribution in [-0.2, 0) is 65.5 Å². The van der Waals surface area contributed by atoms with Gasteiger partial charge in [-0.15, -0.1) is 0 Å². The van der Waals surface area contributed by atoms with Gasteiger partial charge in [0.05, 0.1) is 10.8 Å². The van der Waals surface area contributed by atoms with E-state index in [9.17, 15) is 24.5 Å². The van der Waals surface area contributed by atoms with Gasteiger partial charge < -0.3 is 27.0 Å². The van der Waals surface area contributed by atoms with Crippen molar-refractivity contribution in [1.82, 2.24) is 9.88 Å². The third-order valence-corrected chi connectivity index (χ3v) is 13.2. The summed E-state index contributed by atoms with van der Waals surface area (Å²) in [7, 11) is 0. The number of non-ortho nitro benzene ring substituents is 1. The fraction of sp³-hybridized carbons (Fsp3) is 0.132. The first-order valence-electron chi connectivity index (χ1n) is 15.6. The first kappa shape index (κ1) is 37.5. The molecule has 0 bridgehead atoms. The average Bonchev–Trinajstić information content (AvgIpc) is 3.15. The van der Waals surface area contributed by atoms with Crippen LogP contribution in [0.5, 0.6) is 0 Å². The molecule has 5 aromatic rings. The van der Waals surface area contributed by atoms with Crippen LogP contribution in [-0.4, -0.2) is 43.4 Å². The van der Waals surface area contributed by atoms with E-state index in [0.717, 1.165) is 15.9 Å². The van der Waals surface area contributed by atoms with Crippen LogP contribution in [0.1, 0.15) is 24.2 Å². The summed E-state index contributed by atoms with van der Waals surface area (Å²) < 4.78 is 11.7. The molecular formula is C38H31AgN3O7PS. The number of nitrogens with zero attached hydrogens (tertiary/aromatic N) is 3. The summed E-state index contributed by atoms with van der Waals surface area (Å²) in [5, 5.41) is 12.6. The van der Waals surface area contributed by atoms with Gasteiger partial charge in [0.1, 0.15) is 18.1 Å². The van der Waals surface area contributed by atoms with Crippen LogP contribution in [0, 0.1) is 16.0 Å². The van der Waals surface area contributed by atoms with E-state index in [4.69, 9.17) is 22.1 Å². The number of carbonyl (C=O) groups is 3. The molecule has 2 heterocycles. The number of aromatic nitrogens is 1. The molecule has 1 aliphatic heterocycles. The van der Waals surface area contributed by atoms with Crippen molar-refractivity contribution >= 4 is 64.4 Å². The molecule has 0 spiro atoms. The van der Waals surface area contributed by atoms with E-state index in [1.807, 2.05) is 91.0 Å². The smallest absolute Gasteiger partial charge is 0.767 e. The van der Waals surface area contributed by atoms with Gasteiger partial charge >= 0.3 is 34.3 Å². The molecule has 0 aliphatic carbocycles. The number of hydrogen-bond acceptors (Lipinski definition) is 9. The van der Waals surface area contributed by atoms with Gasteiger partial charge in [-0.3, -0.25) is 24.7 Å². The van der Waals surface area contributed by atoms with Crippen LogP contribution in [0.3, 0.4) is 0 Å². The Bertz CT molecular complexity index is 1970. The van der Waals surface area contributed by atoms with Crippen molar-refractivity contribution in [2.75, 3.05) is 0 Å². The summed E-state index contributed by atoms with van der Waals surface area (Å²) in [6.45, 7) is -2.20. The van der Waals surface area contributed by atoms with E-state index in [-0.39, 0.29) is 40.1 Å². The van der Waals surface area contributed by atoms with E-state index in [1.54, 1.807) is 12.1 Å². The molecule has 4 aromatic carbocycles. The zero-order valence-electron chi connectivity index (χ0n) is 27.1. The predicted molar refractivity (Wildman–Crippen MR) is 193 cm³/mol. The molecule has 0 N–H and O–H groups in total. The number of likely N-dealkylation sites (tertiary alicyclic amines) is 1. The van der Waals surface area contributed by atoms with Crippen LogP contribution >= 0.6 is 6.89 Å². The number of nitro groups is 1. The summed E-state index contributed by atoms with van der Waals surface area (Å²) in [6, 6.07) is 37.5. The number of amides is 1. The molecule has 1 amide bonds. The first-order chi connectivity index (χ1) is 24.2. The Hall–Kier alpha value is -4.77. The summed E-state index contributed by atoms with van der Waals surface area (Å²) >= 11 is 6.07. The normalized spacial score (nSPS) is 15.8. The van der Waals surface area contributed by atoms with Gasteiger partial charge in [0.2, 0.25) is 5.91 Å². The Kier molecular flexibility index (Phi) is 12.1. The van der Waals surface area contributed by atoms with Gasteiger partial charge in [-0.25, -0.2) is 4.79 Å². The summed E-state index contributed by atoms with van der Waals surface area (Å²) in [5.41, 5.74) is 1.03. The maximum Gasteiger partial charge on any atom is 1.00 e. The van der Waals surface area contributed by atoms with Gasteiger partial charge in [-0.05, 0) is 51.3 Å². The van der Waals surface area contributed by atoms with Crippen LogP contribution in [0.15, 0.2) is 140 Å². The summed E-state index contributed by atoms with van der Waals surface area (Å²) in [5.74, 6) is -2.85. The van der Waals surface area contributed by atoms with Crippen molar-refractivity contribution in [3.05, 3.63) is 161 Å². The number of pyridine rings is 1. The molecule has 262 valence electrons. The predicted octanol–water partition coefficient (Wildman–Crippen LogP) is 4.79. The standard InChI is InChI=1S/C38H32N3O7PS.Ag/c1-26(42)48-34(28-21-23-39-24-22-28)33-35(43)40(37(33)50)36(38(44)47-25-27-17-19-29(20-18-27)41(45)46)49(30-11-5-2-6-12-30,31-13-7-3-8-14-31)32-15-9-4-10-16-32;/h2-24,33-34,37,50H,25H2,1H3;/q;+1/p-1. The van der Waals surface area contributed by atoms with Crippen molar-refractivity contribution in [3.63, 3.8) is 0 Å². The van der Waals surface area contributed by atoms with E-state index in [2.05, 4.69) is 4.98 Å². The second-order valence-electron chi connectivity index (χ2n) is 11.4. The molecule has 0 radical (unpaired) electrons. The topological polar surface area (TPSA) is 129 Å². The van der Waals surface area contributed by atoms with Crippen molar-refractivity contribution < 1.29 is 51.2 Å². The molecule has 3 atom stereocenters. The van der Waals surface area contributed by atoms with Crippen LogP contribution in [0.25, 0.3) is 0 Å². The molecule has 10 nitrogen and oxygen atoms in total. The molecule has 0 saturated carbocycles. The Balaban J connectivity index is 0.00000504. The van der Waals surface area contributed by atoms with E-state index < -0.39 is 47.1 Å². The Labute approximate surface area is 315 Å². The fourth-order valence-corrected chi connectivity index (χ4v) is 11.1. The quantitative estimate of drug-likeness (QED) is 0.0352. The number of esters is 2. The number of benzene rings is 4. The van der Waals surface area contributed by atoms with Crippen molar-refractivity contribution in [1.29, 1.82) is 0 Å². The average molecular weight is 813 g/mol. The molecule has 6 rings (SSSR count). The van der Waals surface area contributed by atoms with E-state index >= 15 is 0 Å². The van der Waals surface area contributed by atoms with E-state index in [1.165, 1.54) is 48.5 Å². The number of carbonyl (C=O) groups excluding carboxylic acids is 3. The molecule has 51 heavy (non-hydrogen) atoms. The number of nitro benzene ring substituents is 1. The zero-order valence-corrected chi connectivity index (χ0v) is 30.3. The number of β-lactam (4-membered cyclic amide) rings is 1. The molecule has 1 aromatic heterocycles. The first-order valence-corrected chi connectivity index (χ1v) is 17.9. The number of rotatable bonds is 11. The van der Waals surface area contributed by atoms with Crippen LogP contribution < -0.4 is 15.9 Å². The maximum atomic E-state index is 14.8. The van der Waals surface area contributed by atoms with Gasteiger partial charge in [-0.1, -0.05) is 96.4 Å². The minimum Gasteiger partial charge on any atom is -0.767 e. The molecule has 13 heteroatoms. The van der Waals surface area contributed by atoms with Gasteiger partial charge in [0.15, 0.2) is 0 Å². The van der Waals surface area contributed by atoms with Crippen LogP contribution in [0.4, 0.5) is 5.69 Å². The minimum absolute atomic E-state index is 0. The van der Waals surface area contributed by atoms with Gasteiger partial charge in [0, 0.05) is 38.3 Å². The Morgan fingerprint density at radius 2 is 1.33 bits per heavy atom. The number of hydrogen-bond donors (Lipinski definition) is 0. The van der Waals surface area contributed by atoms with Gasteiger partial charge in [0.25, 0.3) is 5.69 Å². The zero-order chi connectivity index (χ0) is 35.3. The van der Waals surface area contributed by atoms with Gasteiger partial charge in [-0.2, -0.15) is 0 Å². The monoisotopic (exact) mass is 811 g/mol. The molecule has 1 fully saturated rings. The Morgan fingerprint density at radius 3 is 1.76 bits per heavy atom. The second-order valence-corrected chi connectivity index (χ2v) is 15.2. The van der Waals surface area contributed by atoms with Crippen molar-refractivity contribution in [3.8, 4) is 0 Å². The third kappa shape index (κ3) is 7.49.